The van der Waals surface area contributed by atoms with Gasteiger partial charge in [-0.3, -0.25) is 4.79 Å². The molecule has 0 spiro atoms. The summed E-state index contributed by atoms with van der Waals surface area (Å²) in [6.45, 7) is 3.86. The van der Waals surface area contributed by atoms with Crippen molar-refractivity contribution in [2.45, 2.75) is 32.4 Å². The molecule has 1 aromatic heterocycles. The minimum atomic E-state index is -0.298. The highest BCUT2D eigenvalue weighted by Gasteiger charge is 2.35. The molecule has 1 atom stereocenters. The molecule has 0 saturated heterocycles. The fourth-order valence-electron chi connectivity index (χ4n) is 3.74. The predicted molar refractivity (Wildman–Crippen MR) is 115 cm³/mol. The highest BCUT2D eigenvalue weighted by Crippen LogP contribution is 2.39. The number of carbonyl (C=O) groups is 2. The smallest absolute Gasteiger partial charge is 0.317 e. The largest absolute Gasteiger partial charge is 0.454 e. The van der Waals surface area contributed by atoms with E-state index >= 15 is 0 Å². The van der Waals surface area contributed by atoms with E-state index in [0.29, 0.717) is 17.9 Å². The first kappa shape index (κ1) is 20.8. The molecule has 0 saturated carbocycles. The predicted octanol–water partition coefficient (Wildman–Crippen LogP) is 2.48. The first-order chi connectivity index (χ1) is 14.8. The molecule has 0 bridgehead atoms. The number of likely N-dealkylation sites (N-methyl/N-ethyl adjacent to an activating group) is 1. The molecular formula is C22H27N5O4. The lowest BCUT2D eigenvalue weighted by Crippen LogP contribution is -2.45. The van der Waals surface area contributed by atoms with Gasteiger partial charge in [0, 0.05) is 32.8 Å². The highest BCUT2D eigenvalue weighted by molar-refractivity contribution is 6.02. The number of hydrogen-bond donors (Lipinski definition) is 1. The lowest BCUT2D eigenvalue weighted by Gasteiger charge is -2.25. The Labute approximate surface area is 181 Å². The number of benzene rings is 1. The number of rotatable bonds is 5. The number of nitrogens with zero attached hydrogens (tertiary/aromatic N) is 4. The van der Waals surface area contributed by atoms with Gasteiger partial charge in [0.1, 0.15) is 6.54 Å². The summed E-state index contributed by atoms with van der Waals surface area (Å²) in [5.41, 5.74) is 2.67. The van der Waals surface area contributed by atoms with Crippen molar-refractivity contribution in [1.82, 2.24) is 19.8 Å². The van der Waals surface area contributed by atoms with Crippen LogP contribution in [0.5, 0.6) is 11.5 Å². The Kier molecular flexibility index (Phi) is 5.58. The number of fused-ring (bicyclic) bond motifs is 1. The lowest BCUT2D eigenvalue weighted by atomic mass is 10.00. The normalized spacial score (nSPS) is 17.1. The number of aromatic nitrogens is 1. The molecule has 9 heteroatoms. The molecule has 1 unspecified atom stereocenters. The summed E-state index contributed by atoms with van der Waals surface area (Å²) in [6.07, 6.45) is 2.51. The van der Waals surface area contributed by atoms with Crippen molar-refractivity contribution in [3.05, 3.63) is 47.8 Å². The van der Waals surface area contributed by atoms with E-state index in [9.17, 15) is 9.59 Å². The van der Waals surface area contributed by atoms with Crippen LogP contribution >= 0.6 is 0 Å². The SMILES string of the molecule is CC(C)NC(=O)N(C)CC(=O)N1N=C(c2cccn2C)CC1c1ccc2c(c1)OCO2. The lowest BCUT2D eigenvalue weighted by molar-refractivity contribution is -0.133. The van der Waals surface area contributed by atoms with E-state index in [1.165, 1.54) is 9.91 Å². The zero-order valence-electron chi connectivity index (χ0n) is 18.2. The number of aryl methyl sites for hydroxylation is 1. The monoisotopic (exact) mass is 425 g/mol. The number of amides is 3. The molecule has 0 radical (unpaired) electrons. The van der Waals surface area contributed by atoms with Gasteiger partial charge in [0.15, 0.2) is 11.5 Å². The van der Waals surface area contributed by atoms with Crippen molar-refractivity contribution >= 4 is 17.6 Å². The van der Waals surface area contributed by atoms with Gasteiger partial charge in [0.2, 0.25) is 6.79 Å². The van der Waals surface area contributed by atoms with E-state index in [0.717, 1.165) is 17.0 Å². The number of carbonyl (C=O) groups excluding carboxylic acids is 2. The first-order valence-electron chi connectivity index (χ1n) is 10.3. The average molecular weight is 425 g/mol. The Morgan fingerprint density at radius 1 is 1.26 bits per heavy atom. The Morgan fingerprint density at radius 3 is 2.74 bits per heavy atom. The van der Waals surface area contributed by atoms with Crippen LogP contribution < -0.4 is 14.8 Å². The molecule has 31 heavy (non-hydrogen) atoms. The Morgan fingerprint density at radius 2 is 2.03 bits per heavy atom. The van der Waals surface area contributed by atoms with E-state index in [-0.39, 0.29) is 37.4 Å². The number of hydrogen-bond acceptors (Lipinski definition) is 5. The van der Waals surface area contributed by atoms with Gasteiger partial charge < -0.3 is 24.3 Å². The fourth-order valence-corrected chi connectivity index (χ4v) is 3.74. The third-order valence-corrected chi connectivity index (χ3v) is 5.32. The van der Waals surface area contributed by atoms with Crippen molar-refractivity contribution in [3.8, 4) is 11.5 Å². The third-order valence-electron chi connectivity index (χ3n) is 5.32. The molecule has 2 aliphatic rings. The van der Waals surface area contributed by atoms with E-state index in [1.54, 1.807) is 7.05 Å². The van der Waals surface area contributed by atoms with Crippen LogP contribution in [0, 0.1) is 0 Å². The maximum Gasteiger partial charge on any atom is 0.317 e. The number of hydrazone groups is 1. The Hall–Kier alpha value is -3.49. The number of urea groups is 1. The summed E-state index contributed by atoms with van der Waals surface area (Å²) in [4.78, 5) is 26.8. The number of ether oxygens (including phenoxy) is 2. The second-order valence-electron chi connectivity index (χ2n) is 8.08. The molecule has 3 heterocycles. The highest BCUT2D eigenvalue weighted by atomic mass is 16.7. The molecule has 1 N–H and O–H groups in total. The van der Waals surface area contributed by atoms with Gasteiger partial charge in [-0.15, -0.1) is 0 Å². The van der Waals surface area contributed by atoms with Gasteiger partial charge >= 0.3 is 6.03 Å². The minimum Gasteiger partial charge on any atom is -0.454 e. The molecule has 3 amide bonds. The molecular weight excluding hydrogens is 398 g/mol. The average Bonchev–Trinajstić information content (AvgIpc) is 3.45. The first-order valence-corrected chi connectivity index (χ1v) is 10.3. The van der Waals surface area contributed by atoms with Crippen LogP contribution in [0.25, 0.3) is 0 Å². The van der Waals surface area contributed by atoms with Crippen LogP contribution in [0.2, 0.25) is 0 Å². The van der Waals surface area contributed by atoms with Gasteiger partial charge in [0.25, 0.3) is 5.91 Å². The van der Waals surface area contributed by atoms with E-state index < -0.39 is 0 Å². The third kappa shape index (κ3) is 4.21. The van der Waals surface area contributed by atoms with Gasteiger partial charge in [-0.2, -0.15) is 5.10 Å². The second-order valence-corrected chi connectivity index (χ2v) is 8.08. The van der Waals surface area contributed by atoms with Gasteiger partial charge in [-0.1, -0.05) is 6.07 Å². The van der Waals surface area contributed by atoms with Crippen LogP contribution in [0.3, 0.4) is 0 Å². The van der Waals surface area contributed by atoms with E-state index in [4.69, 9.17) is 9.47 Å². The van der Waals surface area contributed by atoms with Crippen LogP contribution in [0.4, 0.5) is 4.79 Å². The van der Waals surface area contributed by atoms with E-state index in [2.05, 4.69) is 10.4 Å². The Balaban J connectivity index is 1.60. The standard InChI is InChI=1S/C22H27N5O4/c1-14(2)23-22(29)26(4)12-21(28)27-18(11-16(24-27)17-6-5-9-25(17)3)15-7-8-19-20(10-15)31-13-30-19/h5-10,14,18H,11-13H2,1-4H3,(H,23,29). The van der Waals surface area contributed by atoms with Crippen molar-refractivity contribution < 1.29 is 19.1 Å². The molecule has 2 aliphatic heterocycles. The zero-order valence-corrected chi connectivity index (χ0v) is 18.2. The molecule has 0 aliphatic carbocycles. The maximum atomic E-state index is 13.2. The molecule has 2 aromatic rings. The van der Waals surface area contributed by atoms with Crippen molar-refractivity contribution in [1.29, 1.82) is 0 Å². The topological polar surface area (TPSA) is 88.4 Å². The van der Waals surface area contributed by atoms with E-state index in [1.807, 2.05) is 62.0 Å². The molecule has 9 nitrogen and oxygen atoms in total. The zero-order chi connectivity index (χ0) is 22.1. The summed E-state index contributed by atoms with van der Waals surface area (Å²) < 4.78 is 12.9. The number of nitrogens with one attached hydrogen (secondary N) is 1. The summed E-state index contributed by atoms with van der Waals surface area (Å²) in [7, 11) is 3.55. The summed E-state index contributed by atoms with van der Waals surface area (Å²) >= 11 is 0. The van der Waals surface area contributed by atoms with Gasteiger partial charge in [-0.05, 0) is 43.7 Å². The molecule has 164 valence electrons. The molecule has 0 fully saturated rings. The quantitative estimate of drug-likeness (QED) is 0.797. The van der Waals surface area contributed by atoms with Crippen LogP contribution in [0.15, 0.2) is 41.6 Å². The van der Waals surface area contributed by atoms with Crippen molar-refractivity contribution in [3.63, 3.8) is 0 Å². The van der Waals surface area contributed by atoms with Crippen molar-refractivity contribution in [2.24, 2.45) is 12.1 Å². The summed E-state index contributed by atoms with van der Waals surface area (Å²) in [5.74, 6) is 1.09. The molecule has 1 aromatic carbocycles. The fraction of sp³-hybridized carbons (Fsp3) is 0.409. The van der Waals surface area contributed by atoms with Crippen LogP contribution in [-0.2, 0) is 11.8 Å². The maximum absolute atomic E-state index is 13.2. The second kappa shape index (κ2) is 8.33. The summed E-state index contributed by atoms with van der Waals surface area (Å²) in [6, 6.07) is 8.99. The van der Waals surface area contributed by atoms with Crippen LogP contribution in [0.1, 0.15) is 37.6 Å². The Bertz CT molecular complexity index is 1030. The molecule has 4 rings (SSSR count). The van der Waals surface area contributed by atoms with Gasteiger partial charge in [-0.25, -0.2) is 9.80 Å². The summed E-state index contributed by atoms with van der Waals surface area (Å²) in [5, 5.41) is 8.95. The van der Waals surface area contributed by atoms with Crippen LogP contribution in [-0.4, -0.2) is 58.6 Å². The van der Waals surface area contributed by atoms with Gasteiger partial charge in [0.05, 0.1) is 17.4 Å². The minimum absolute atomic E-state index is 0.0137. The van der Waals surface area contributed by atoms with Crippen molar-refractivity contribution in [2.75, 3.05) is 20.4 Å².